The topological polar surface area (TPSA) is 44.6 Å². The SMILES string of the molecule is CCc1ccc(C2=N[C@@H](c3ccc(F)c(Br)c3)N[C@@H](c3cc(Cl)ccc3O)C2)cc1. The monoisotopic (exact) mass is 486 g/mol. The minimum Gasteiger partial charge on any atom is -0.508 e. The Morgan fingerprint density at radius 3 is 2.60 bits per heavy atom. The fourth-order valence-electron chi connectivity index (χ4n) is 3.67. The van der Waals surface area contributed by atoms with Crippen molar-refractivity contribution in [1.29, 1.82) is 0 Å². The van der Waals surface area contributed by atoms with Crippen LogP contribution >= 0.6 is 27.5 Å². The Labute approximate surface area is 188 Å². The molecule has 0 aromatic heterocycles. The van der Waals surface area contributed by atoms with Crippen LogP contribution in [0.3, 0.4) is 0 Å². The average Bonchev–Trinajstić information content (AvgIpc) is 2.77. The molecule has 0 aliphatic carbocycles. The zero-order chi connectivity index (χ0) is 21.3. The van der Waals surface area contributed by atoms with Crippen LogP contribution in [0.2, 0.25) is 5.02 Å². The first-order valence-corrected chi connectivity index (χ1v) is 11.0. The van der Waals surface area contributed by atoms with E-state index in [0.29, 0.717) is 21.5 Å². The summed E-state index contributed by atoms with van der Waals surface area (Å²) in [5, 5.41) is 14.5. The summed E-state index contributed by atoms with van der Waals surface area (Å²) in [6, 6.07) is 18.1. The molecule has 0 saturated carbocycles. The van der Waals surface area contributed by atoms with E-state index in [1.807, 2.05) is 0 Å². The van der Waals surface area contributed by atoms with Gasteiger partial charge in [0.25, 0.3) is 0 Å². The first kappa shape index (κ1) is 21.0. The van der Waals surface area contributed by atoms with E-state index < -0.39 is 0 Å². The van der Waals surface area contributed by atoms with Gasteiger partial charge in [0.05, 0.1) is 4.47 Å². The zero-order valence-electron chi connectivity index (χ0n) is 16.4. The van der Waals surface area contributed by atoms with Gasteiger partial charge in [-0.2, -0.15) is 0 Å². The molecule has 0 unspecified atom stereocenters. The van der Waals surface area contributed by atoms with Crippen LogP contribution in [0, 0.1) is 5.82 Å². The molecular formula is C24H21BrClFN2O. The Morgan fingerprint density at radius 1 is 1.13 bits per heavy atom. The summed E-state index contributed by atoms with van der Waals surface area (Å²) >= 11 is 9.46. The van der Waals surface area contributed by atoms with Gasteiger partial charge in [-0.05, 0) is 69.4 Å². The van der Waals surface area contributed by atoms with Crippen LogP contribution in [0.1, 0.15) is 47.8 Å². The summed E-state index contributed by atoms with van der Waals surface area (Å²) in [5.74, 6) is -0.142. The number of halogens is 3. The third kappa shape index (κ3) is 4.43. The number of phenols is 1. The molecule has 0 fully saturated rings. The van der Waals surface area contributed by atoms with E-state index in [2.05, 4.69) is 52.4 Å². The van der Waals surface area contributed by atoms with Crippen LogP contribution in [0.5, 0.6) is 5.75 Å². The van der Waals surface area contributed by atoms with Gasteiger partial charge in [0, 0.05) is 28.8 Å². The first-order chi connectivity index (χ1) is 14.4. The van der Waals surface area contributed by atoms with Gasteiger partial charge in [-0.3, -0.25) is 10.3 Å². The molecule has 1 aliphatic rings. The summed E-state index contributed by atoms with van der Waals surface area (Å²) in [6.07, 6.45) is 1.18. The fraction of sp³-hybridized carbons (Fsp3) is 0.208. The maximum atomic E-state index is 13.8. The highest BCUT2D eigenvalue weighted by atomic mass is 79.9. The number of aromatic hydroxyl groups is 1. The lowest BCUT2D eigenvalue weighted by Crippen LogP contribution is -2.33. The minimum atomic E-state index is -0.389. The predicted octanol–water partition coefficient (Wildman–Crippen LogP) is 6.73. The maximum absolute atomic E-state index is 13.8. The van der Waals surface area contributed by atoms with Gasteiger partial charge in [-0.25, -0.2) is 4.39 Å². The van der Waals surface area contributed by atoms with E-state index in [0.717, 1.165) is 23.3 Å². The van der Waals surface area contributed by atoms with Crippen LogP contribution in [-0.4, -0.2) is 10.8 Å². The molecule has 0 saturated heterocycles. The third-order valence-electron chi connectivity index (χ3n) is 5.36. The highest BCUT2D eigenvalue weighted by Gasteiger charge is 2.28. The van der Waals surface area contributed by atoms with Gasteiger partial charge in [-0.1, -0.05) is 48.9 Å². The van der Waals surface area contributed by atoms with Gasteiger partial charge in [0.15, 0.2) is 0 Å². The molecule has 154 valence electrons. The van der Waals surface area contributed by atoms with Crippen molar-refractivity contribution in [3.63, 3.8) is 0 Å². The number of aliphatic imine (C=N–C) groups is 1. The molecule has 0 spiro atoms. The standard InChI is InChI=1S/C24H21BrClFN2O/c1-2-14-3-5-15(6-4-14)21-13-22(18-12-17(26)8-10-23(18)30)29-24(28-21)16-7-9-20(27)19(25)11-16/h3-12,22,24,29-30H,2,13H2,1H3/t22-,24-/m1/s1. The molecule has 0 bridgehead atoms. The molecule has 30 heavy (non-hydrogen) atoms. The van der Waals surface area contributed by atoms with Crippen LogP contribution in [0.4, 0.5) is 4.39 Å². The van der Waals surface area contributed by atoms with Gasteiger partial charge in [-0.15, -0.1) is 0 Å². The Bertz CT molecular complexity index is 1100. The summed E-state index contributed by atoms with van der Waals surface area (Å²) in [5.41, 5.74) is 4.76. The number of phenolic OH excluding ortho intramolecular Hbond substituents is 1. The predicted molar refractivity (Wildman–Crippen MR) is 123 cm³/mol. The van der Waals surface area contributed by atoms with Crippen molar-refractivity contribution in [3.8, 4) is 5.75 Å². The molecule has 3 nitrogen and oxygen atoms in total. The number of nitrogens with zero attached hydrogens (tertiary/aromatic N) is 1. The average molecular weight is 488 g/mol. The lowest BCUT2D eigenvalue weighted by Gasteiger charge is -2.31. The van der Waals surface area contributed by atoms with Crippen molar-refractivity contribution in [2.45, 2.75) is 32.0 Å². The first-order valence-electron chi connectivity index (χ1n) is 9.80. The Balaban J connectivity index is 1.77. The molecule has 3 aromatic carbocycles. The summed E-state index contributed by atoms with van der Waals surface area (Å²) in [4.78, 5) is 4.92. The molecule has 2 N–H and O–H groups in total. The van der Waals surface area contributed by atoms with E-state index in [1.54, 1.807) is 30.3 Å². The number of hydrogen-bond donors (Lipinski definition) is 2. The molecule has 0 radical (unpaired) electrons. The molecule has 0 amide bonds. The summed E-state index contributed by atoms with van der Waals surface area (Å²) in [7, 11) is 0. The Morgan fingerprint density at radius 2 is 1.90 bits per heavy atom. The normalized spacial score (nSPS) is 18.9. The van der Waals surface area contributed by atoms with Crippen LogP contribution in [0.25, 0.3) is 0 Å². The van der Waals surface area contributed by atoms with E-state index in [4.69, 9.17) is 16.6 Å². The molecule has 1 aliphatic heterocycles. The molecule has 3 aromatic rings. The van der Waals surface area contributed by atoms with Gasteiger partial charge >= 0.3 is 0 Å². The van der Waals surface area contributed by atoms with Crippen molar-refractivity contribution < 1.29 is 9.50 Å². The second-order valence-electron chi connectivity index (χ2n) is 7.33. The molecule has 1 heterocycles. The van der Waals surface area contributed by atoms with Crippen molar-refractivity contribution in [1.82, 2.24) is 5.32 Å². The Kier molecular flexibility index (Phi) is 6.23. The fourth-order valence-corrected chi connectivity index (χ4v) is 4.25. The highest BCUT2D eigenvalue weighted by Crippen LogP contribution is 2.36. The third-order valence-corrected chi connectivity index (χ3v) is 6.20. The van der Waals surface area contributed by atoms with Crippen molar-refractivity contribution in [2.24, 2.45) is 4.99 Å². The van der Waals surface area contributed by atoms with Crippen molar-refractivity contribution >= 4 is 33.2 Å². The number of benzene rings is 3. The number of nitrogens with one attached hydrogen (secondary N) is 1. The smallest absolute Gasteiger partial charge is 0.137 e. The summed E-state index contributed by atoms with van der Waals surface area (Å²) in [6.45, 7) is 2.12. The van der Waals surface area contributed by atoms with E-state index >= 15 is 0 Å². The maximum Gasteiger partial charge on any atom is 0.137 e. The Hall–Kier alpha value is -2.21. The molecule has 2 atom stereocenters. The van der Waals surface area contributed by atoms with Gasteiger partial charge < -0.3 is 5.11 Å². The number of aryl methyl sites for hydroxylation is 1. The second-order valence-corrected chi connectivity index (χ2v) is 8.62. The van der Waals surface area contributed by atoms with Crippen molar-refractivity contribution in [2.75, 3.05) is 0 Å². The van der Waals surface area contributed by atoms with E-state index in [-0.39, 0.29) is 23.8 Å². The molecule has 6 heteroatoms. The summed E-state index contributed by atoms with van der Waals surface area (Å²) < 4.78 is 14.2. The number of rotatable bonds is 4. The van der Waals surface area contributed by atoms with Gasteiger partial charge in [0.2, 0.25) is 0 Å². The van der Waals surface area contributed by atoms with E-state index in [9.17, 15) is 9.50 Å². The lowest BCUT2D eigenvalue weighted by molar-refractivity contribution is 0.412. The number of hydrogen-bond acceptors (Lipinski definition) is 3. The van der Waals surface area contributed by atoms with Crippen LogP contribution in [0.15, 0.2) is 70.1 Å². The minimum absolute atomic E-state index is 0.179. The van der Waals surface area contributed by atoms with Crippen molar-refractivity contribution in [3.05, 3.63) is 98.2 Å². The largest absolute Gasteiger partial charge is 0.508 e. The van der Waals surface area contributed by atoms with Gasteiger partial charge in [0.1, 0.15) is 17.7 Å². The lowest BCUT2D eigenvalue weighted by atomic mass is 9.93. The zero-order valence-corrected chi connectivity index (χ0v) is 18.7. The van der Waals surface area contributed by atoms with Crippen LogP contribution < -0.4 is 5.32 Å². The molecule has 4 rings (SSSR count). The van der Waals surface area contributed by atoms with Crippen LogP contribution in [-0.2, 0) is 6.42 Å². The quantitative estimate of drug-likeness (QED) is 0.428. The molecular weight excluding hydrogens is 467 g/mol. The highest BCUT2D eigenvalue weighted by molar-refractivity contribution is 9.10. The van der Waals surface area contributed by atoms with E-state index in [1.165, 1.54) is 11.6 Å². The second kappa shape index (κ2) is 8.88.